The van der Waals surface area contributed by atoms with Crippen molar-refractivity contribution in [1.29, 1.82) is 0 Å². The van der Waals surface area contributed by atoms with Crippen molar-refractivity contribution in [1.82, 2.24) is 14.5 Å². The number of rotatable bonds is 3. The number of likely N-dealkylation sites (tertiary alicyclic amines) is 1. The molecule has 16 heavy (non-hydrogen) atoms. The molecule has 5 nitrogen and oxygen atoms in total. The van der Waals surface area contributed by atoms with Crippen molar-refractivity contribution >= 4 is 5.97 Å². The van der Waals surface area contributed by atoms with Gasteiger partial charge in [-0.3, -0.25) is 9.69 Å². The summed E-state index contributed by atoms with van der Waals surface area (Å²) in [4.78, 5) is 17.4. The molecule has 1 fully saturated rings. The largest absolute Gasteiger partial charge is 0.481 e. The van der Waals surface area contributed by atoms with Crippen LogP contribution in [-0.2, 0) is 18.4 Å². The lowest BCUT2D eigenvalue weighted by molar-refractivity contribution is -0.142. The minimum atomic E-state index is -0.685. The van der Waals surface area contributed by atoms with Gasteiger partial charge in [-0.25, -0.2) is 4.98 Å². The van der Waals surface area contributed by atoms with Gasteiger partial charge in [0.15, 0.2) is 0 Å². The molecule has 0 saturated carbocycles. The number of hydrogen-bond donors (Lipinski definition) is 1. The lowest BCUT2D eigenvalue weighted by atomic mass is 10.0. The van der Waals surface area contributed by atoms with Crippen LogP contribution in [0.2, 0.25) is 0 Å². The minimum Gasteiger partial charge on any atom is -0.481 e. The Hall–Kier alpha value is -1.36. The molecule has 0 aliphatic carbocycles. The molecular formula is C11H17N3O2. The Morgan fingerprint density at radius 3 is 2.94 bits per heavy atom. The second-order valence-corrected chi connectivity index (χ2v) is 4.40. The van der Waals surface area contributed by atoms with Gasteiger partial charge in [0.25, 0.3) is 0 Å². The summed E-state index contributed by atoms with van der Waals surface area (Å²) in [5.74, 6) is 0.0630. The summed E-state index contributed by atoms with van der Waals surface area (Å²) >= 11 is 0. The number of hydrogen-bond acceptors (Lipinski definition) is 3. The van der Waals surface area contributed by atoms with Gasteiger partial charge in [0.1, 0.15) is 5.82 Å². The fourth-order valence-electron chi connectivity index (χ4n) is 2.29. The van der Waals surface area contributed by atoms with Crippen LogP contribution in [0.1, 0.15) is 19.2 Å². The molecule has 0 spiro atoms. The van der Waals surface area contributed by atoms with Gasteiger partial charge < -0.3 is 9.67 Å². The monoisotopic (exact) mass is 223 g/mol. The van der Waals surface area contributed by atoms with Gasteiger partial charge in [0, 0.05) is 25.5 Å². The van der Waals surface area contributed by atoms with Crippen LogP contribution >= 0.6 is 0 Å². The van der Waals surface area contributed by atoms with Crippen LogP contribution in [-0.4, -0.2) is 38.1 Å². The van der Waals surface area contributed by atoms with Crippen molar-refractivity contribution in [3.05, 3.63) is 18.2 Å². The highest BCUT2D eigenvalue weighted by Gasteiger charge is 2.35. The van der Waals surface area contributed by atoms with Crippen LogP contribution in [0.3, 0.4) is 0 Å². The van der Waals surface area contributed by atoms with Crippen molar-refractivity contribution in [3.63, 3.8) is 0 Å². The molecule has 1 N–H and O–H groups in total. The number of carbonyl (C=O) groups is 1. The summed E-state index contributed by atoms with van der Waals surface area (Å²) in [6, 6.07) is 0.0919. The van der Waals surface area contributed by atoms with Gasteiger partial charge in [-0.2, -0.15) is 0 Å². The average Bonchev–Trinajstić information content (AvgIpc) is 2.76. The topological polar surface area (TPSA) is 58.4 Å². The average molecular weight is 223 g/mol. The highest BCUT2D eigenvalue weighted by molar-refractivity contribution is 5.71. The second-order valence-electron chi connectivity index (χ2n) is 4.40. The quantitative estimate of drug-likeness (QED) is 0.820. The Balaban J connectivity index is 2.03. The molecule has 1 aromatic rings. The van der Waals surface area contributed by atoms with Crippen molar-refractivity contribution in [2.24, 2.45) is 13.0 Å². The van der Waals surface area contributed by atoms with Gasteiger partial charge in [-0.15, -0.1) is 0 Å². The van der Waals surface area contributed by atoms with Crippen molar-refractivity contribution in [2.75, 3.05) is 6.54 Å². The van der Waals surface area contributed by atoms with Gasteiger partial charge in [0.2, 0.25) is 0 Å². The zero-order chi connectivity index (χ0) is 11.7. The van der Waals surface area contributed by atoms with Crippen LogP contribution in [0.25, 0.3) is 0 Å². The van der Waals surface area contributed by atoms with Crippen molar-refractivity contribution in [2.45, 2.75) is 25.9 Å². The molecule has 0 radical (unpaired) electrons. The van der Waals surface area contributed by atoms with Crippen LogP contribution in [0.5, 0.6) is 0 Å². The SMILES string of the molecule is CC1C(C(=O)O)CCN1Cc1nccn1C. The van der Waals surface area contributed by atoms with Crippen LogP contribution in [0, 0.1) is 5.92 Å². The van der Waals surface area contributed by atoms with Gasteiger partial charge >= 0.3 is 5.97 Å². The number of imidazole rings is 1. The van der Waals surface area contributed by atoms with E-state index in [1.807, 2.05) is 24.7 Å². The third-order valence-corrected chi connectivity index (χ3v) is 3.47. The maximum absolute atomic E-state index is 11.0. The smallest absolute Gasteiger partial charge is 0.308 e. The first-order valence-electron chi connectivity index (χ1n) is 5.52. The molecule has 2 unspecified atom stereocenters. The normalized spacial score (nSPS) is 26.1. The number of aliphatic carboxylic acids is 1. The fourth-order valence-corrected chi connectivity index (χ4v) is 2.29. The van der Waals surface area contributed by atoms with E-state index in [0.717, 1.165) is 25.3 Å². The molecule has 2 atom stereocenters. The van der Waals surface area contributed by atoms with E-state index in [1.54, 1.807) is 6.20 Å². The van der Waals surface area contributed by atoms with Gasteiger partial charge in [-0.05, 0) is 19.9 Å². The molecule has 1 aliphatic heterocycles. The van der Waals surface area contributed by atoms with Crippen LogP contribution in [0.4, 0.5) is 0 Å². The molecule has 2 heterocycles. The summed E-state index contributed by atoms with van der Waals surface area (Å²) in [7, 11) is 1.96. The summed E-state index contributed by atoms with van der Waals surface area (Å²) < 4.78 is 1.97. The maximum Gasteiger partial charge on any atom is 0.308 e. The molecular weight excluding hydrogens is 206 g/mol. The Morgan fingerprint density at radius 1 is 1.69 bits per heavy atom. The summed E-state index contributed by atoms with van der Waals surface area (Å²) in [6.07, 6.45) is 4.41. The number of carboxylic acid groups (broad SMARTS) is 1. The van der Waals surface area contributed by atoms with E-state index in [1.165, 1.54) is 0 Å². The first kappa shape index (κ1) is 11.1. The number of nitrogens with zero attached hydrogens (tertiary/aromatic N) is 3. The van der Waals surface area contributed by atoms with E-state index in [0.29, 0.717) is 0 Å². The molecule has 1 saturated heterocycles. The Labute approximate surface area is 94.7 Å². The molecule has 0 aromatic carbocycles. The molecule has 0 amide bonds. The van der Waals surface area contributed by atoms with E-state index in [9.17, 15) is 4.79 Å². The standard InChI is InChI=1S/C11H17N3O2/c1-8-9(11(15)16)3-5-14(8)7-10-12-4-6-13(10)2/h4,6,8-9H,3,5,7H2,1-2H3,(H,15,16). The number of carboxylic acids is 1. The van der Waals surface area contributed by atoms with E-state index < -0.39 is 5.97 Å². The highest BCUT2D eigenvalue weighted by atomic mass is 16.4. The molecule has 1 aliphatic rings. The first-order chi connectivity index (χ1) is 7.59. The van der Waals surface area contributed by atoms with Gasteiger partial charge in [0.05, 0.1) is 12.5 Å². The van der Waals surface area contributed by atoms with E-state index in [4.69, 9.17) is 5.11 Å². The summed E-state index contributed by atoms with van der Waals surface area (Å²) in [6.45, 7) is 3.55. The van der Waals surface area contributed by atoms with Crippen molar-refractivity contribution in [3.8, 4) is 0 Å². The Bertz CT molecular complexity index is 388. The molecule has 1 aromatic heterocycles. The highest BCUT2D eigenvalue weighted by Crippen LogP contribution is 2.25. The molecule has 5 heteroatoms. The first-order valence-corrected chi connectivity index (χ1v) is 5.52. The zero-order valence-electron chi connectivity index (χ0n) is 9.63. The third kappa shape index (κ3) is 1.95. The number of aryl methyl sites for hydroxylation is 1. The van der Waals surface area contributed by atoms with Crippen LogP contribution < -0.4 is 0 Å². The maximum atomic E-state index is 11.0. The minimum absolute atomic E-state index is 0.0919. The summed E-state index contributed by atoms with van der Waals surface area (Å²) in [5, 5.41) is 9.03. The van der Waals surface area contributed by atoms with Crippen LogP contribution in [0.15, 0.2) is 12.4 Å². The Kier molecular flexibility index (Phi) is 2.96. The predicted molar refractivity (Wildman–Crippen MR) is 58.8 cm³/mol. The lowest BCUT2D eigenvalue weighted by Crippen LogP contribution is -2.33. The second kappa shape index (κ2) is 4.25. The van der Waals surface area contributed by atoms with E-state index >= 15 is 0 Å². The molecule has 2 rings (SSSR count). The zero-order valence-corrected chi connectivity index (χ0v) is 9.63. The van der Waals surface area contributed by atoms with E-state index in [2.05, 4.69) is 9.88 Å². The number of aromatic nitrogens is 2. The van der Waals surface area contributed by atoms with Gasteiger partial charge in [-0.1, -0.05) is 0 Å². The Morgan fingerprint density at radius 2 is 2.44 bits per heavy atom. The third-order valence-electron chi connectivity index (χ3n) is 3.47. The summed E-state index contributed by atoms with van der Waals surface area (Å²) in [5.41, 5.74) is 0. The van der Waals surface area contributed by atoms with Crippen molar-refractivity contribution < 1.29 is 9.90 Å². The van der Waals surface area contributed by atoms with E-state index in [-0.39, 0.29) is 12.0 Å². The molecule has 88 valence electrons. The fraction of sp³-hybridized carbons (Fsp3) is 0.636. The predicted octanol–water partition coefficient (Wildman–Crippen LogP) is 0.715. The lowest BCUT2D eigenvalue weighted by Gasteiger charge is -2.22. The molecule has 0 bridgehead atoms.